The molecule has 0 spiro atoms. The summed E-state index contributed by atoms with van der Waals surface area (Å²) in [5.41, 5.74) is 0. The van der Waals surface area contributed by atoms with Crippen molar-refractivity contribution in [3.8, 4) is 0 Å². The Morgan fingerprint density at radius 1 is 0.667 bits per heavy atom. The van der Waals surface area contributed by atoms with E-state index < -0.39 is 8.80 Å². The summed E-state index contributed by atoms with van der Waals surface area (Å²) in [5, 5.41) is 0. The van der Waals surface area contributed by atoms with Crippen molar-refractivity contribution in [1.82, 2.24) is 14.7 Å². The summed E-state index contributed by atoms with van der Waals surface area (Å²) >= 11 is 0. The van der Waals surface area contributed by atoms with E-state index in [1.165, 1.54) is 39.0 Å². The second-order valence-corrected chi connectivity index (χ2v) is 8.87. The fourth-order valence-corrected chi connectivity index (χ4v) is 4.93. The van der Waals surface area contributed by atoms with Gasteiger partial charge >= 0.3 is 8.80 Å². The van der Waals surface area contributed by atoms with E-state index in [0.29, 0.717) is 0 Å². The van der Waals surface area contributed by atoms with Gasteiger partial charge in [0.25, 0.3) is 0 Å². The van der Waals surface area contributed by atoms with Crippen molar-refractivity contribution in [3.05, 3.63) is 0 Å². The number of hydrogen-bond acceptors (Lipinski definition) is 6. The van der Waals surface area contributed by atoms with Crippen molar-refractivity contribution in [2.45, 2.75) is 12.8 Å². The standard InChI is InChI=1S/C14H31N3O3Si/c1-18-21(19-2,20-3)14-17-12-10-16(11-13-17)9-8-15-6-4-5-7-15/h4-14H2,1-3H3. The van der Waals surface area contributed by atoms with Crippen molar-refractivity contribution in [3.63, 3.8) is 0 Å². The average Bonchev–Trinajstić information content (AvgIpc) is 3.05. The summed E-state index contributed by atoms with van der Waals surface area (Å²) < 4.78 is 16.5. The summed E-state index contributed by atoms with van der Waals surface area (Å²) in [6.45, 7) is 9.44. The van der Waals surface area contributed by atoms with Crippen LogP contribution in [-0.4, -0.2) is 103 Å². The maximum atomic E-state index is 5.51. The molecule has 0 aromatic carbocycles. The molecule has 0 radical (unpaired) electrons. The summed E-state index contributed by atoms with van der Waals surface area (Å²) in [4.78, 5) is 7.57. The van der Waals surface area contributed by atoms with Gasteiger partial charge in [-0.15, -0.1) is 0 Å². The van der Waals surface area contributed by atoms with E-state index in [0.717, 1.165) is 32.3 Å². The molecule has 0 bridgehead atoms. The molecule has 7 heteroatoms. The van der Waals surface area contributed by atoms with Gasteiger partial charge in [-0.3, -0.25) is 9.80 Å². The molecule has 0 aromatic heterocycles. The van der Waals surface area contributed by atoms with Gasteiger partial charge in [0.05, 0.1) is 6.17 Å². The Bertz CT molecular complexity index is 283. The largest absolute Gasteiger partial charge is 0.514 e. The second-order valence-electron chi connectivity index (χ2n) is 5.96. The van der Waals surface area contributed by atoms with Gasteiger partial charge in [0.1, 0.15) is 0 Å². The van der Waals surface area contributed by atoms with Gasteiger partial charge in [0, 0.05) is 60.6 Å². The average molecular weight is 318 g/mol. The first-order valence-corrected chi connectivity index (χ1v) is 9.97. The SMILES string of the molecule is CO[Si](CN1CCN(CCN2CCCC2)CC1)(OC)OC. The van der Waals surface area contributed by atoms with Crippen molar-refractivity contribution >= 4 is 8.80 Å². The smallest absolute Gasteiger partial charge is 0.376 e. The van der Waals surface area contributed by atoms with Crippen LogP contribution in [0.3, 0.4) is 0 Å². The highest BCUT2D eigenvalue weighted by Gasteiger charge is 2.40. The van der Waals surface area contributed by atoms with Crippen LogP contribution in [0.25, 0.3) is 0 Å². The number of rotatable bonds is 8. The highest BCUT2D eigenvalue weighted by atomic mass is 28.4. The Hall–Kier alpha value is -0.0231. The third-order valence-electron chi connectivity index (χ3n) is 4.75. The molecule has 0 amide bonds. The molecule has 2 saturated heterocycles. The van der Waals surface area contributed by atoms with Crippen LogP contribution in [0.4, 0.5) is 0 Å². The zero-order chi connectivity index (χ0) is 15.1. The van der Waals surface area contributed by atoms with Crippen LogP contribution in [0.2, 0.25) is 0 Å². The zero-order valence-electron chi connectivity index (χ0n) is 13.8. The molecule has 0 unspecified atom stereocenters. The van der Waals surface area contributed by atoms with E-state index in [9.17, 15) is 0 Å². The van der Waals surface area contributed by atoms with E-state index in [2.05, 4.69) is 14.7 Å². The lowest BCUT2D eigenvalue weighted by Crippen LogP contribution is -2.57. The molecule has 2 fully saturated rings. The van der Waals surface area contributed by atoms with Gasteiger partial charge < -0.3 is 18.2 Å². The van der Waals surface area contributed by atoms with Crippen LogP contribution in [-0.2, 0) is 13.3 Å². The minimum atomic E-state index is -2.47. The fraction of sp³-hybridized carbons (Fsp3) is 1.00. The van der Waals surface area contributed by atoms with Gasteiger partial charge in [-0.2, -0.15) is 0 Å². The third kappa shape index (κ3) is 4.99. The molecule has 0 aromatic rings. The molecule has 0 aliphatic carbocycles. The van der Waals surface area contributed by atoms with E-state index in [1.807, 2.05) is 0 Å². The molecule has 2 aliphatic heterocycles. The van der Waals surface area contributed by atoms with Gasteiger partial charge in [0.15, 0.2) is 0 Å². The first-order valence-electron chi connectivity index (χ1n) is 8.04. The number of nitrogens with zero attached hydrogens (tertiary/aromatic N) is 3. The molecule has 6 nitrogen and oxygen atoms in total. The lowest BCUT2D eigenvalue weighted by atomic mass is 10.3. The minimum absolute atomic E-state index is 0.788. The normalized spacial score (nSPS) is 23.0. The molecule has 124 valence electrons. The van der Waals surface area contributed by atoms with Crippen LogP contribution >= 0.6 is 0 Å². The van der Waals surface area contributed by atoms with E-state index >= 15 is 0 Å². The Balaban J connectivity index is 1.67. The molecular formula is C14H31N3O3Si. The molecule has 0 N–H and O–H groups in total. The monoisotopic (exact) mass is 317 g/mol. The minimum Gasteiger partial charge on any atom is -0.376 e. The lowest BCUT2D eigenvalue weighted by molar-refractivity contribution is 0.0803. The van der Waals surface area contributed by atoms with Gasteiger partial charge in [0.2, 0.25) is 0 Å². The van der Waals surface area contributed by atoms with Crippen molar-refractivity contribution < 1.29 is 13.3 Å². The van der Waals surface area contributed by atoms with E-state index in [1.54, 1.807) is 21.3 Å². The first-order chi connectivity index (χ1) is 10.2. The predicted molar refractivity (Wildman–Crippen MR) is 85.3 cm³/mol. The van der Waals surface area contributed by atoms with Crippen LogP contribution in [0.5, 0.6) is 0 Å². The third-order valence-corrected chi connectivity index (χ3v) is 7.45. The molecule has 0 atom stereocenters. The van der Waals surface area contributed by atoms with Crippen LogP contribution in [0.1, 0.15) is 12.8 Å². The highest BCUT2D eigenvalue weighted by Crippen LogP contribution is 2.12. The van der Waals surface area contributed by atoms with Crippen molar-refractivity contribution in [1.29, 1.82) is 0 Å². The van der Waals surface area contributed by atoms with E-state index in [4.69, 9.17) is 13.3 Å². The number of piperazine rings is 1. The highest BCUT2D eigenvalue weighted by molar-refractivity contribution is 6.60. The Labute approximate surface area is 130 Å². The Morgan fingerprint density at radius 2 is 1.10 bits per heavy atom. The molecule has 2 heterocycles. The van der Waals surface area contributed by atoms with E-state index in [-0.39, 0.29) is 0 Å². The van der Waals surface area contributed by atoms with Crippen molar-refractivity contribution in [2.75, 3.05) is 79.9 Å². The molecule has 2 rings (SSSR count). The Kier molecular flexibility index (Phi) is 7.07. The van der Waals surface area contributed by atoms with Crippen LogP contribution < -0.4 is 0 Å². The van der Waals surface area contributed by atoms with Crippen LogP contribution in [0.15, 0.2) is 0 Å². The van der Waals surface area contributed by atoms with Gasteiger partial charge in [-0.25, -0.2) is 0 Å². The maximum absolute atomic E-state index is 5.51. The molecule has 0 saturated carbocycles. The summed E-state index contributed by atoms with van der Waals surface area (Å²) in [5.74, 6) is 0. The fourth-order valence-electron chi connectivity index (χ4n) is 3.18. The number of hydrogen-bond donors (Lipinski definition) is 0. The predicted octanol–water partition coefficient (Wildman–Crippen LogP) is 0.117. The quantitative estimate of drug-likeness (QED) is 0.592. The molecule has 2 aliphatic rings. The second kappa shape index (κ2) is 8.57. The summed E-state index contributed by atoms with van der Waals surface area (Å²) in [7, 11) is 2.59. The summed E-state index contributed by atoms with van der Waals surface area (Å²) in [6, 6.07) is 0. The topological polar surface area (TPSA) is 37.4 Å². The first kappa shape index (κ1) is 17.3. The number of likely N-dealkylation sites (tertiary alicyclic amines) is 1. The maximum Gasteiger partial charge on any atom is 0.514 e. The molecule has 21 heavy (non-hydrogen) atoms. The zero-order valence-corrected chi connectivity index (χ0v) is 14.8. The van der Waals surface area contributed by atoms with Gasteiger partial charge in [-0.05, 0) is 25.9 Å². The lowest BCUT2D eigenvalue weighted by Gasteiger charge is -2.38. The Morgan fingerprint density at radius 3 is 1.57 bits per heavy atom. The summed E-state index contributed by atoms with van der Waals surface area (Å²) in [6.07, 6.45) is 3.55. The van der Waals surface area contributed by atoms with Gasteiger partial charge in [-0.1, -0.05) is 0 Å². The molecular weight excluding hydrogens is 286 g/mol. The van der Waals surface area contributed by atoms with Crippen LogP contribution in [0, 0.1) is 0 Å². The van der Waals surface area contributed by atoms with Crippen molar-refractivity contribution in [2.24, 2.45) is 0 Å².